The van der Waals surface area contributed by atoms with Crippen LogP contribution in [0.4, 0.5) is 0 Å². The monoisotopic (exact) mass is 170 g/mol. The van der Waals surface area contributed by atoms with Gasteiger partial charge in [0.2, 0.25) is 0 Å². The van der Waals surface area contributed by atoms with Gasteiger partial charge in [0.1, 0.15) is 0 Å². The van der Waals surface area contributed by atoms with Gasteiger partial charge >= 0.3 is 0 Å². The van der Waals surface area contributed by atoms with Gasteiger partial charge in [-0.15, -0.1) is 0 Å². The highest BCUT2D eigenvalue weighted by atomic mass is 15.2. The smallest absolute Gasteiger partial charge is 0.0191 e. The van der Waals surface area contributed by atoms with Crippen LogP contribution in [0.25, 0.3) is 0 Å². The largest absolute Gasteiger partial charge is 0.326 e. The minimum Gasteiger partial charge on any atom is -0.326 e. The predicted molar refractivity (Wildman–Crippen MR) is 53.0 cm³/mol. The molecule has 0 aromatic carbocycles. The fourth-order valence-electron chi connectivity index (χ4n) is 1.70. The zero-order valence-corrected chi connectivity index (χ0v) is 8.59. The first-order valence-corrected chi connectivity index (χ1v) is 5.07. The van der Waals surface area contributed by atoms with Crippen molar-refractivity contribution in [3.05, 3.63) is 0 Å². The molecule has 2 atom stereocenters. The van der Waals surface area contributed by atoms with Gasteiger partial charge in [-0.05, 0) is 24.8 Å². The molecule has 72 valence electrons. The van der Waals surface area contributed by atoms with Crippen LogP contribution in [0.3, 0.4) is 0 Å². The molecule has 1 saturated heterocycles. The molecule has 0 spiro atoms. The van der Waals surface area contributed by atoms with Gasteiger partial charge in [-0.1, -0.05) is 20.8 Å². The summed E-state index contributed by atoms with van der Waals surface area (Å²) >= 11 is 0. The highest BCUT2D eigenvalue weighted by Crippen LogP contribution is 2.15. The van der Waals surface area contributed by atoms with E-state index in [9.17, 15) is 0 Å². The Labute approximate surface area is 76.1 Å². The van der Waals surface area contributed by atoms with Crippen LogP contribution in [0.2, 0.25) is 0 Å². The average molecular weight is 170 g/mol. The van der Waals surface area contributed by atoms with E-state index in [1.54, 1.807) is 0 Å². The standard InChI is InChI=1S/C10H22N2/c1-8(2)10(11)7-12-5-4-9(3)6-12/h8-10H,4-7,11H2,1-3H3/t9?,10-/m1/s1. The van der Waals surface area contributed by atoms with E-state index in [0.717, 1.165) is 12.5 Å². The van der Waals surface area contributed by atoms with Crippen molar-refractivity contribution in [2.75, 3.05) is 19.6 Å². The number of nitrogens with zero attached hydrogens (tertiary/aromatic N) is 1. The second-order valence-corrected chi connectivity index (χ2v) is 4.56. The van der Waals surface area contributed by atoms with Gasteiger partial charge in [0.25, 0.3) is 0 Å². The molecule has 2 N–H and O–H groups in total. The van der Waals surface area contributed by atoms with E-state index in [-0.39, 0.29) is 0 Å². The van der Waals surface area contributed by atoms with E-state index in [1.807, 2.05) is 0 Å². The van der Waals surface area contributed by atoms with E-state index >= 15 is 0 Å². The lowest BCUT2D eigenvalue weighted by atomic mass is 10.1. The van der Waals surface area contributed by atoms with E-state index in [4.69, 9.17) is 5.73 Å². The van der Waals surface area contributed by atoms with E-state index < -0.39 is 0 Å². The van der Waals surface area contributed by atoms with Gasteiger partial charge in [0.15, 0.2) is 0 Å². The second kappa shape index (κ2) is 4.24. The summed E-state index contributed by atoms with van der Waals surface area (Å²) in [5, 5.41) is 0. The molecule has 1 unspecified atom stereocenters. The van der Waals surface area contributed by atoms with Crippen molar-refractivity contribution in [1.29, 1.82) is 0 Å². The van der Waals surface area contributed by atoms with Gasteiger partial charge < -0.3 is 10.6 Å². The molecule has 1 heterocycles. The van der Waals surface area contributed by atoms with Crippen molar-refractivity contribution in [2.45, 2.75) is 33.2 Å². The topological polar surface area (TPSA) is 29.3 Å². The number of likely N-dealkylation sites (tertiary alicyclic amines) is 1. The van der Waals surface area contributed by atoms with Crippen molar-refractivity contribution in [1.82, 2.24) is 4.90 Å². The first kappa shape index (κ1) is 10.0. The number of hydrogen-bond donors (Lipinski definition) is 1. The summed E-state index contributed by atoms with van der Waals surface area (Å²) in [4.78, 5) is 2.50. The molecular formula is C10H22N2. The lowest BCUT2D eigenvalue weighted by Crippen LogP contribution is -2.39. The minimum atomic E-state index is 0.357. The lowest BCUT2D eigenvalue weighted by Gasteiger charge is -2.22. The molecule has 2 nitrogen and oxygen atoms in total. The Morgan fingerprint density at radius 2 is 2.17 bits per heavy atom. The minimum absolute atomic E-state index is 0.357. The van der Waals surface area contributed by atoms with Crippen molar-refractivity contribution in [3.63, 3.8) is 0 Å². The summed E-state index contributed by atoms with van der Waals surface area (Å²) in [5.41, 5.74) is 6.00. The molecule has 0 amide bonds. The van der Waals surface area contributed by atoms with E-state index in [0.29, 0.717) is 12.0 Å². The van der Waals surface area contributed by atoms with Crippen molar-refractivity contribution in [2.24, 2.45) is 17.6 Å². The SMILES string of the molecule is CC1CCN(C[C@@H](N)C(C)C)C1. The molecule has 1 fully saturated rings. The summed E-state index contributed by atoms with van der Waals surface area (Å²) < 4.78 is 0. The molecule has 0 saturated carbocycles. The summed E-state index contributed by atoms with van der Waals surface area (Å²) in [5.74, 6) is 1.49. The van der Waals surface area contributed by atoms with Crippen molar-refractivity contribution < 1.29 is 0 Å². The number of nitrogens with two attached hydrogens (primary N) is 1. The average Bonchev–Trinajstić information content (AvgIpc) is 2.35. The third-order valence-electron chi connectivity index (χ3n) is 2.83. The Balaban J connectivity index is 2.23. The predicted octanol–water partition coefficient (Wildman–Crippen LogP) is 1.31. The molecule has 1 rings (SSSR count). The highest BCUT2D eigenvalue weighted by molar-refractivity contribution is 4.77. The molecule has 0 radical (unpaired) electrons. The fourth-order valence-corrected chi connectivity index (χ4v) is 1.70. The zero-order valence-electron chi connectivity index (χ0n) is 8.59. The quantitative estimate of drug-likeness (QED) is 0.692. The summed E-state index contributed by atoms with van der Waals surface area (Å²) in [6, 6.07) is 0.357. The van der Waals surface area contributed by atoms with Crippen molar-refractivity contribution in [3.8, 4) is 0 Å². The van der Waals surface area contributed by atoms with E-state index in [1.165, 1.54) is 19.5 Å². The van der Waals surface area contributed by atoms with Crippen LogP contribution < -0.4 is 5.73 Å². The maximum atomic E-state index is 6.00. The third-order valence-corrected chi connectivity index (χ3v) is 2.83. The number of rotatable bonds is 3. The Bertz CT molecular complexity index is 134. The fraction of sp³-hybridized carbons (Fsp3) is 1.00. The molecular weight excluding hydrogens is 148 g/mol. The highest BCUT2D eigenvalue weighted by Gasteiger charge is 2.21. The maximum Gasteiger partial charge on any atom is 0.0191 e. The Morgan fingerprint density at radius 3 is 2.58 bits per heavy atom. The summed E-state index contributed by atoms with van der Waals surface area (Å²) in [6.45, 7) is 10.3. The molecule has 0 aliphatic carbocycles. The molecule has 2 heteroatoms. The normalized spacial score (nSPS) is 28.2. The molecule has 1 aliphatic rings. The van der Waals surface area contributed by atoms with Crippen LogP contribution in [-0.4, -0.2) is 30.6 Å². The Kier molecular flexibility index (Phi) is 3.53. The van der Waals surface area contributed by atoms with Crippen LogP contribution in [0.1, 0.15) is 27.2 Å². The van der Waals surface area contributed by atoms with E-state index in [2.05, 4.69) is 25.7 Å². The molecule has 1 aliphatic heterocycles. The first-order chi connectivity index (χ1) is 5.59. The van der Waals surface area contributed by atoms with Crippen LogP contribution in [0.15, 0.2) is 0 Å². The molecule has 12 heavy (non-hydrogen) atoms. The first-order valence-electron chi connectivity index (χ1n) is 5.07. The van der Waals surface area contributed by atoms with Gasteiger partial charge in [-0.3, -0.25) is 0 Å². The van der Waals surface area contributed by atoms with Crippen LogP contribution in [0.5, 0.6) is 0 Å². The molecule has 0 aromatic heterocycles. The van der Waals surface area contributed by atoms with Gasteiger partial charge in [-0.25, -0.2) is 0 Å². The summed E-state index contributed by atoms with van der Waals surface area (Å²) in [7, 11) is 0. The molecule has 0 aromatic rings. The number of hydrogen-bond acceptors (Lipinski definition) is 2. The van der Waals surface area contributed by atoms with Gasteiger partial charge in [0, 0.05) is 19.1 Å². The van der Waals surface area contributed by atoms with Crippen LogP contribution in [-0.2, 0) is 0 Å². The second-order valence-electron chi connectivity index (χ2n) is 4.56. The van der Waals surface area contributed by atoms with Gasteiger partial charge in [0.05, 0.1) is 0 Å². The third kappa shape index (κ3) is 2.76. The van der Waals surface area contributed by atoms with Crippen LogP contribution in [0, 0.1) is 11.8 Å². The maximum absolute atomic E-state index is 6.00. The molecule has 0 bridgehead atoms. The Hall–Kier alpha value is -0.0800. The Morgan fingerprint density at radius 1 is 1.50 bits per heavy atom. The van der Waals surface area contributed by atoms with Crippen LogP contribution >= 0.6 is 0 Å². The zero-order chi connectivity index (χ0) is 9.14. The van der Waals surface area contributed by atoms with Crippen molar-refractivity contribution >= 4 is 0 Å². The lowest BCUT2D eigenvalue weighted by molar-refractivity contribution is 0.278. The summed E-state index contributed by atoms with van der Waals surface area (Å²) in [6.07, 6.45) is 1.35. The van der Waals surface area contributed by atoms with Gasteiger partial charge in [-0.2, -0.15) is 0 Å².